The average Bonchev–Trinajstić information content (AvgIpc) is 2.96. The molecule has 3 heterocycles. The van der Waals surface area contributed by atoms with Gasteiger partial charge in [0.1, 0.15) is 24.5 Å². The van der Waals surface area contributed by atoms with Gasteiger partial charge in [-0.1, -0.05) is 36.1 Å². The molecule has 1 fully saturated rings. The molecule has 2 aromatic carbocycles. The van der Waals surface area contributed by atoms with Crippen LogP contribution in [0, 0.1) is 17.3 Å². The van der Waals surface area contributed by atoms with Gasteiger partial charge in [-0.3, -0.25) is 9.78 Å². The standard InChI is InChI=1S/C32H31ClN6O2/c1-4-30(40)38-27-18-25-28(16-22(27)11-13-32(2)12-7-15-39(3)20-32)35-21-36-31(25)37-23-9-10-29(26(33)17-23)41-19-24-8-5-6-14-34-24/h4-6,8-10,14,16-18,21H,1,7,12,15,19-20H2,2-3H3,(H,38,40)(H,35,36,37). The highest BCUT2D eigenvalue weighted by Gasteiger charge is 2.27. The number of fused-ring (bicyclic) bond motifs is 1. The van der Waals surface area contributed by atoms with Crippen LogP contribution in [0.5, 0.6) is 5.75 Å². The summed E-state index contributed by atoms with van der Waals surface area (Å²) in [5.41, 5.74) is 3.33. The van der Waals surface area contributed by atoms with Crippen LogP contribution in [-0.2, 0) is 11.4 Å². The van der Waals surface area contributed by atoms with Crippen molar-refractivity contribution in [2.45, 2.75) is 26.4 Å². The van der Waals surface area contributed by atoms with Crippen LogP contribution in [0.25, 0.3) is 10.9 Å². The summed E-state index contributed by atoms with van der Waals surface area (Å²) in [7, 11) is 2.12. The highest BCUT2D eigenvalue weighted by Crippen LogP contribution is 2.33. The second-order valence-electron chi connectivity index (χ2n) is 10.4. The predicted molar refractivity (Wildman–Crippen MR) is 163 cm³/mol. The number of pyridine rings is 1. The minimum absolute atomic E-state index is 0.132. The fraction of sp³-hybridized carbons (Fsp3) is 0.250. The van der Waals surface area contributed by atoms with Gasteiger partial charge in [0.25, 0.3) is 0 Å². The van der Waals surface area contributed by atoms with Crippen molar-refractivity contribution in [2.24, 2.45) is 5.41 Å². The minimum atomic E-state index is -0.324. The summed E-state index contributed by atoms with van der Waals surface area (Å²) in [4.78, 5) is 27.8. The molecule has 9 heteroatoms. The summed E-state index contributed by atoms with van der Waals surface area (Å²) < 4.78 is 5.84. The van der Waals surface area contributed by atoms with Gasteiger partial charge in [-0.05, 0) is 81.9 Å². The van der Waals surface area contributed by atoms with Crippen molar-refractivity contribution in [3.05, 3.63) is 90.0 Å². The van der Waals surface area contributed by atoms with E-state index in [4.69, 9.17) is 16.3 Å². The lowest BCUT2D eigenvalue weighted by atomic mass is 9.82. The summed E-state index contributed by atoms with van der Waals surface area (Å²) in [5.74, 6) is 7.58. The Morgan fingerprint density at radius 3 is 2.85 bits per heavy atom. The SMILES string of the molecule is C=CC(=O)Nc1cc2c(Nc3ccc(OCc4ccccn4)c(Cl)c3)ncnc2cc1C#CC1(C)CCCN(C)C1. The number of hydrogen-bond acceptors (Lipinski definition) is 7. The maximum atomic E-state index is 12.3. The molecule has 5 rings (SSSR count). The number of anilines is 3. The number of benzene rings is 2. The van der Waals surface area contributed by atoms with E-state index in [1.54, 1.807) is 18.3 Å². The Balaban J connectivity index is 1.43. The lowest BCUT2D eigenvalue weighted by Gasteiger charge is -2.34. The van der Waals surface area contributed by atoms with Gasteiger partial charge in [-0.25, -0.2) is 9.97 Å². The zero-order valence-electron chi connectivity index (χ0n) is 23.1. The highest BCUT2D eigenvalue weighted by molar-refractivity contribution is 6.32. The van der Waals surface area contributed by atoms with Crippen molar-refractivity contribution in [1.29, 1.82) is 0 Å². The predicted octanol–water partition coefficient (Wildman–Crippen LogP) is 6.21. The summed E-state index contributed by atoms with van der Waals surface area (Å²) >= 11 is 6.53. The first kappa shape index (κ1) is 28.1. The van der Waals surface area contributed by atoms with E-state index in [2.05, 4.69) is 62.9 Å². The average molecular weight is 567 g/mol. The zero-order valence-corrected chi connectivity index (χ0v) is 23.8. The Kier molecular flexibility index (Phi) is 8.48. The van der Waals surface area contributed by atoms with Crippen LogP contribution >= 0.6 is 11.6 Å². The Bertz CT molecular complexity index is 1650. The maximum Gasteiger partial charge on any atom is 0.247 e. The second kappa shape index (κ2) is 12.4. The molecule has 0 bridgehead atoms. The number of likely N-dealkylation sites (tertiary alicyclic amines) is 1. The zero-order chi connectivity index (χ0) is 28.8. The normalized spacial score (nSPS) is 16.9. The third kappa shape index (κ3) is 7.01. The molecule has 2 N–H and O–H groups in total. The van der Waals surface area contributed by atoms with E-state index in [0.717, 1.165) is 37.3 Å². The number of nitrogens with one attached hydrogen (secondary N) is 2. The summed E-state index contributed by atoms with van der Waals surface area (Å²) in [6.07, 6.45) is 6.58. The number of halogens is 1. The Labute approximate surface area is 244 Å². The third-order valence-electron chi connectivity index (χ3n) is 6.90. The van der Waals surface area contributed by atoms with E-state index in [-0.39, 0.29) is 11.3 Å². The van der Waals surface area contributed by atoms with Crippen LogP contribution in [0.3, 0.4) is 0 Å². The number of ether oxygens (including phenoxy) is 1. The summed E-state index contributed by atoms with van der Waals surface area (Å²) in [6.45, 7) is 8.06. The van der Waals surface area contributed by atoms with Gasteiger partial charge in [0, 0.05) is 29.2 Å². The largest absolute Gasteiger partial charge is 0.486 e. The van der Waals surface area contributed by atoms with E-state index >= 15 is 0 Å². The molecule has 0 radical (unpaired) electrons. The van der Waals surface area contributed by atoms with Crippen LogP contribution in [-0.4, -0.2) is 45.9 Å². The van der Waals surface area contributed by atoms with Crippen molar-refractivity contribution < 1.29 is 9.53 Å². The smallest absolute Gasteiger partial charge is 0.247 e. The number of carbonyl (C=O) groups is 1. The quantitative estimate of drug-likeness (QED) is 0.203. The summed E-state index contributed by atoms with van der Waals surface area (Å²) in [5, 5.41) is 7.38. The number of rotatable bonds is 7. The molecule has 0 aliphatic carbocycles. The Hall–Kier alpha value is -4.45. The van der Waals surface area contributed by atoms with Crippen molar-refractivity contribution in [1.82, 2.24) is 19.9 Å². The molecule has 0 spiro atoms. The van der Waals surface area contributed by atoms with Crippen molar-refractivity contribution in [3.8, 4) is 17.6 Å². The lowest BCUT2D eigenvalue weighted by Crippen LogP contribution is -2.38. The van der Waals surface area contributed by atoms with E-state index in [1.165, 1.54) is 12.4 Å². The fourth-order valence-corrected chi connectivity index (χ4v) is 5.11. The van der Waals surface area contributed by atoms with Gasteiger partial charge in [0.15, 0.2) is 0 Å². The molecule has 1 aliphatic heterocycles. The Morgan fingerprint density at radius 2 is 2.10 bits per heavy atom. The monoisotopic (exact) mass is 566 g/mol. The molecular formula is C32H31ClN6O2. The van der Waals surface area contributed by atoms with Crippen molar-refractivity contribution in [3.63, 3.8) is 0 Å². The van der Waals surface area contributed by atoms with Gasteiger partial charge in [0.2, 0.25) is 5.91 Å². The van der Waals surface area contributed by atoms with Crippen LogP contribution in [0.1, 0.15) is 31.0 Å². The van der Waals surface area contributed by atoms with E-state index in [0.29, 0.717) is 45.4 Å². The van der Waals surface area contributed by atoms with Crippen molar-refractivity contribution >= 4 is 45.6 Å². The first-order valence-electron chi connectivity index (χ1n) is 13.3. The minimum Gasteiger partial charge on any atom is -0.486 e. The number of carbonyl (C=O) groups excluding carboxylic acids is 1. The summed E-state index contributed by atoms with van der Waals surface area (Å²) in [6, 6.07) is 14.8. The number of nitrogens with zero attached hydrogens (tertiary/aromatic N) is 4. The van der Waals surface area contributed by atoms with Gasteiger partial charge < -0.3 is 20.3 Å². The molecule has 1 aliphatic rings. The van der Waals surface area contributed by atoms with Crippen LogP contribution in [0.4, 0.5) is 17.2 Å². The number of piperidine rings is 1. The molecule has 0 saturated carbocycles. The molecule has 1 saturated heterocycles. The molecule has 8 nitrogen and oxygen atoms in total. The molecular weight excluding hydrogens is 536 g/mol. The van der Waals surface area contributed by atoms with Crippen LogP contribution in [0.2, 0.25) is 5.02 Å². The molecule has 1 unspecified atom stereocenters. The van der Waals surface area contributed by atoms with Gasteiger partial charge in [-0.15, -0.1) is 0 Å². The maximum absolute atomic E-state index is 12.3. The van der Waals surface area contributed by atoms with E-state index < -0.39 is 0 Å². The first-order chi connectivity index (χ1) is 19.8. The number of hydrogen-bond donors (Lipinski definition) is 2. The van der Waals surface area contributed by atoms with E-state index in [9.17, 15) is 4.79 Å². The number of amides is 1. The second-order valence-corrected chi connectivity index (χ2v) is 10.8. The molecule has 1 atom stereocenters. The van der Waals surface area contributed by atoms with Gasteiger partial charge >= 0.3 is 0 Å². The number of aromatic nitrogens is 3. The fourth-order valence-electron chi connectivity index (χ4n) is 4.87. The van der Waals surface area contributed by atoms with Crippen molar-refractivity contribution in [2.75, 3.05) is 30.8 Å². The third-order valence-corrected chi connectivity index (χ3v) is 7.20. The first-order valence-corrected chi connectivity index (χ1v) is 13.7. The Morgan fingerprint density at radius 1 is 1.22 bits per heavy atom. The lowest BCUT2D eigenvalue weighted by molar-refractivity contribution is -0.111. The molecule has 2 aromatic heterocycles. The molecule has 208 valence electrons. The van der Waals surface area contributed by atoms with Gasteiger partial charge in [0.05, 0.1) is 27.5 Å². The molecule has 1 amide bonds. The van der Waals surface area contributed by atoms with Crippen LogP contribution in [0.15, 0.2) is 73.7 Å². The van der Waals surface area contributed by atoms with Gasteiger partial charge in [-0.2, -0.15) is 0 Å². The molecule has 41 heavy (non-hydrogen) atoms. The highest BCUT2D eigenvalue weighted by atomic mass is 35.5. The molecule has 4 aromatic rings. The topological polar surface area (TPSA) is 92.3 Å². The van der Waals surface area contributed by atoms with Crippen LogP contribution < -0.4 is 15.4 Å². The van der Waals surface area contributed by atoms with E-state index in [1.807, 2.05) is 36.4 Å².